The number of aromatic amines is 1. The highest BCUT2D eigenvalue weighted by Crippen LogP contribution is 2.31. The molecule has 0 aliphatic carbocycles. The Balaban J connectivity index is 2.01. The Morgan fingerprint density at radius 1 is 1.16 bits per heavy atom. The van der Waals surface area contributed by atoms with Gasteiger partial charge in [-0.1, -0.05) is 12.1 Å². The smallest absolute Gasteiger partial charge is 0.216 e. The van der Waals surface area contributed by atoms with Crippen LogP contribution in [0.4, 0.5) is 0 Å². The molecule has 25 heavy (non-hydrogen) atoms. The fourth-order valence-corrected chi connectivity index (χ4v) is 2.47. The maximum Gasteiger partial charge on any atom is 0.216 e. The van der Waals surface area contributed by atoms with Crippen LogP contribution in [0.1, 0.15) is 5.56 Å². The maximum atomic E-state index is 9.53. The van der Waals surface area contributed by atoms with E-state index in [0.29, 0.717) is 22.1 Å². The summed E-state index contributed by atoms with van der Waals surface area (Å²) in [5, 5.41) is 20.9. The van der Waals surface area contributed by atoms with Crippen LogP contribution in [0.3, 0.4) is 0 Å². The molecular formula is C17H16N4O3S. The molecular weight excluding hydrogens is 340 g/mol. The van der Waals surface area contributed by atoms with Crippen molar-refractivity contribution >= 4 is 18.4 Å². The number of phenols is 1. The minimum Gasteiger partial charge on any atom is -0.508 e. The molecule has 0 aliphatic rings. The van der Waals surface area contributed by atoms with Crippen LogP contribution >= 0.6 is 12.2 Å². The summed E-state index contributed by atoms with van der Waals surface area (Å²) in [5.74, 6) is 1.90. The summed E-state index contributed by atoms with van der Waals surface area (Å²) < 4.78 is 12.4. The number of phenolic OH excluding ortho intramolecular Hbond substituents is 1. The molecule has 0 saturated carbocycles. The highest BCUT2D eigenvalue weighted by molar-refractivity contribution is 7.71. The Labute approximate surface area is 149 Å². The second kappa shape index (κ2) is 7.18. The number of hydrogen-bond donors (Lipinski definition) is 2. The molecule has 0 saturated heterocycles. The first-order valence-corrected chi connectivity index (χ1v) is 7.76. The van der Waals surface area contributed by atoms with Gasteiger partial charge in [0.05, 0.1) is 20.4 Å². The summed E-state index contributed by atoms with van der Waals surface area (Å²) in [4.78, 5) is 0. The standard InChI is InChI=1S/C17H16N4O3S/c1-23-14-7-6-12(9-15(14)24-2)16-19-20-17(25)21(16)18-10-11-4-3-5-13(22)8-11/h3-10,22H,1-2H3,(H,20,25). The largest absolute Gasteiger partial charge is 0.508 e. The van der Waals surface area contributed by atoms with Gasteiger partial charge in [0.2, 0.25) is 4.77 Å². The molecule has 3 aromatic rings. The predicted octanol–water partition coefficient (Wildman–Crippen LogP) is 3.21. The van der Waals surface area contributed by atoms with Gasteiger partial charge in [0.25, 0.3) is 0 Å². The molecule has 1 heterocycles. The Kier molecular flexibility index (Phi) is 4.80. The first kappa shape index (κ1) is 16.7. The number of ether oxygens (including phenoxy) is 2. The molecule has 2 N–H and O–H groups in total. The summed E-state index contributed by atoms with van der Waals surface area (Å²) in [5.41, 5.74) is 1.50. The molecule has 2 aromatic carbocycles. The van der Waals surface area contributed by atoms with E-state index in [-0.39, 0.29) is 5.75 Å². The SMILES string of the molecule is COc1ccc(-c2n[nH]c(=S)n2N=Cc2cccc(O)c2)cc1OC. The summed E-state index contributed by atoms with van der Waals surface area (Å²) in [6, 6.07) is 12.2. The van der Waals surface area contributed by atoms with Gasteiger partial charge in [0.15, 0.2) is 17.3 Å². The third-order valence-electron chi connectivity index (χ3n) is 3.48. The van der Waals surface area contributed by atoms with Crippen LogP contribution in [-0.2, 0) is 0 Å². The average Bonchev–Trinajstić information content (AvgIpc) is 3.00. The van der Waals surface area contributed by atoms with E-state index >= 15 is 0 Å². The van der Waals surface area contributed by atoms with Gasteiger partial charge in [-0.3, -0.25) is 0 Å². The summed E-state index contributed by atoms with van der Waals surface area (Å²) in [7, 11) is 3.14. The monoisotopic (exact) mass is 356 g/mol. The van der Waals surface area contributed by atoms with Crippen LogP contribution in [0.2, 0.25) is 0 Å². The van der Waals surface area contributed by atoms with Gasteiger partial charge in [0, 0.05) is 5.56 Å². The van der Waals surface area contributed by atoms with E-state index < -0.39 is 0 Å². The zero-order valence-corrected chi connectivity index (χ0v) is 14.4. The molecule has 0 aliphatic heterocycles. The van der Waals surface area contributed by atoms with Crippen molar-refractivity contribution in [3.05, 3.63) is 52.8 Å². The minimum absolute atomic E-state index is 0.167. The van der Waals surface area contributed by atoms with Crippen LogP contribution in [0, 0.1) is 4.77 Å². The van der Waals surface area contributed by atoms with Gasteiger partial charge < -0.3 is 14.6 Å². The van der Waals surface area contributed by atoms with Crippen molar-refractivity contribution in [1.82, 2.24) is 14.9 Å². The molecule has 0 amide bonds. The molecule has 7 nitrogen and oxygen atoms in total. The van der Waals surface area contributed by atoms with Crippen molar-refractivity contribution < 1.29 is 14.6 Å². The summed E-state index contributed by atoms with van der Waals surface area (Å²) in [6.07, 6.45) is 1.59. The number of aromatic hydroxyl groups is 1. The van der Waals surface area contributed by atoms with Crippen molar-refractivity contribution in [3.8, 4) is 28.6 Å². The van der Waals surface area contributed by atoms with E-state index in [9.17, 15) is 5.11 Å². The Morgan fingerprint density at radius 3 is 2.68 bits per heavy atom. The van der Waals surface area contributed by atoms with E-state index in [1.165, 1.54) is 4.68 Å². The molecule has 1 aromatic heterocycles. The van der Waals surface area contributed by atoms with Crippen LogP contribution in [0.5, 0.6) is 17.2 Å². The zero-order valence-electron chi connectivity index (χ0n) is 13.6. The number of aromatic nitrogens is 3. The number of nitrogens with one attached hydrogen (secondary N) is 1. The lowest BCUT2D eigenvalue weighted by molar-refractivity contribution is 0.355. The highest BCUT2D eigenvalue weighted by atomic mass is 32.1. The molecule has 128 valence electrons. The van der Waals surface area contributed by atoms with Crippen LogP contribution < -0.4 is 9.47 Å². The van der Waals surface area contributed by atoms with E-state index in [1.54, 1.807) is 50.8 Å². The van der Waals surface area contributed by atoms with Gasteiger partial charge in [0.1, 0.15) is 5.75 Å². The van der Waals surface area contributed by atoms with Crippen LogP contribution in [-0.4, -0.2) is 40.4 Å². The molecule has 0 atom stereocenters. The van der Waals surface area contributed by atoms with E-state index in [2.05, 4.69) is 15.3 Å². The predicted molar refractivity (Wildman–Crippen MR) is 97.1 cm³/mol. The van der Waals surface area contributed by atoms with Gasteiger partial charge in [-0.05, 0) is 48.1 Å². The lowest BCUT2D eigenvalue weighted by atomic mass is 10.2. The molecule has 0 spiro atoms. The Hall–Kier alpha value is -3.13. The van der Waals surface area contributed by atoms with E-state index in [0.717, 1.165) is 11.1 Å². The number of nitrogens with zero attached hydrogens (tertiary/aromatic N) is 3. The molecule has 0 unspecified atom stereocenters. The lowest BCUT2D eigenvalue weighted by Crippen LogP contribution is -1.96. The second-order valence-electron chi connectivity index (χ2n) is 5.07. The molecule has 0 fully saturated rings. The fourth-order valence-electron chi connectivity index (χ4n) is 2.29. The number of rotatable bonds is 5. The number of methoxy groups -OCH3 is 2. The second-order valence-corrected chi connectivity index (χ2v) is 5.46. The van der Waals surface area contributed by atoms with Crippen molar-refractivity contribution in [1.29, 1.82) is 0 Å². The Morgan fingerprint density at radius 2 is 1.96 bits per heavy atom. The molecule has 8 heteroatoms. The average molecular weight is 356 g/mol. The molecule has 3 rings (SSSR count). The van der Waals surface area contributed by atoms with Gasteiger partial charge in [-0.2, -0.15) is 14.9 Å². The quantitative estimate of drug-likeness (QED) is 0.542. The van der Waals surface area contributed by atoms with Gasteiger partial charge in [-0.15, -0.1) is 0 Å². The van der Waals surface area contributed by atoms with Crippen molar-refractivity contribution in [2.24, 2.45) is 5.10 Å². The van der Waals surface area contributed by atoms with E-state index in [1.807, 2.05) is 12.1 Å². The minimum atomic E-state index is 0.167. The van der Waals surface area contributed by atoms with Gasteiger partial charge in [-0.25, -0.2) is 5.10 Å². The third-order valence-corrected chi connectivity index (χ3v) is 3.75. The Bertz CT molecular complexity index is 978. The molecule has 0 radical (unpaired) electrons. The van der Waals surface area contributed by atoms with Crippen LogP contribution in [0.15, 0.2) is 47.6 Å². The third kappa shape index (κ3) is 3.53. The van der Waals surface area contributed by atoms with Crippen molar-refractivity contribution in [3.63, 3.8) is 0 Å². The van der Waals surface area contributed by atoms with Crippen molar-refractivity contribution in [2.75, 3.05) is 14.2 Å². The fraction of sp³-hybridized carbons (Fsp3) is 0.118. The number of H-pyrrole nitrogens is 1. The zero-order chi connectivity index (χ0) is 17.8. The van der Waals surface area contributed by atoms with Crippen molar-refractivity contribution in [2.45, 2.75) is 0 Å². The molecule has 0 bridgehead atoms. The maximum absolute atomic E-state index is 9.53. The number of hydrogen-bond acceptors (Lipinski definition) is 6. The van der Waals surface area contributed by atoms with Crippen LogP contribution in [0.25, 0.3) is 11.4 Å². The summed E-state index contributed by atoms with van der Waals surface area (Å²) in [6.45, 7) is 0. The first-order valence-electron chi connectivity index (χ1n) is 7.35. The summed E-state index contributed by atoms with van der Waals surface area (Å²) >= 11 is 5.25. The lowest BCUT2D eigenvalue weighted by Gasteiger charge is -2.09. The van der Waals surface area contributed by atoms with E-state index in [4.69, 9.17) is 21.7 Å². The van der Waals surface area contributed by atoms with Gasteiger partial charge >= 0.3 is 0 Å². The topological polar surface area (TPSA) is 84.7 Å². The number of benzene rings is 2. The normalized spacial score (nSPS) is 11.0. The highest BCUT2D eigenvalue weighted by Gasteiger charge is 2.12. The first-order chi connectivity index (χ1) is 12.1.